The first-order chi connectivity index (χ1) is 7.59. The lowest BCUT2D eigenvalue weighted by Crippen LogP contribution is -2.60. The van der Waals surface area contributed by atoms with E-state index in [-0.39, 0.29) is 29.9 Å². The Morgan fingerprint density at radius 2 is 1.94 bits per heavy atom. The molecule has 0 aromatic rings. The quantitative estimate of drug-likeness (QED) is 0.631. The van der Waals surface area contributed by atoms with Gasteiger partial charge in [-0.05, 0) is 20.3 Å². The molecule has 5 heteroatoms. The molecule has 0 bridgehead atoms. The Balaban J connectivity index is 2.04. The number of hydrogen-bond acceptors (Lipinski definition) is 3. The van der Waals surface area contributed by atoms with Crippen LogP contribution in [0.1, 0.15) is 26.7 Å². The number of carbonyl (C=O) groups is 2. The number of piperazine rings is 1. The number of amides is 2. The molecule has 2 aliphatic heterocycles. The van der Waals surface area contributed by atoms with Gasteiger partial charge in [0.1, 0.15) is 6.04 Å². The van der Waals surface area contributed by atoms with E-state index in [1.807, 2.05) is 18.7 Å². The van der Waals surface area contributed by atoms with Gasteiger partial charge in [-0.25, -0.2) is 0 Å². The molecule has 0 aromatic heterocycles. The van der Waals surface area contributed by atoms with Crippen LogP contribution in [0.25, 0.3) is 0 Å². The number of hydrogen-bond donors (Lipinski definition) is 2. The lowest BCUT2D eigenvalue weighted by molar-refractivity contribution is -0.139. The summed E-state index contributed by atoms with van der Waals surface area (Å²) in [6.07, 6.45) is 1.12. The monoisotopic (exact) mass is 225 g/mol. The number of nitrogens with zero attached hydrogens (tertiary/aromatic N) is 1. The van der Waals surface area contributed by atoms with Gasteiger partial charge in [0.15, 0.2) is 0 Å². The second-order valence-corrected chi connectivity index (χ2v) is 4.76. The van der Waals surface area contributed by atoms with Crippen molar-refractivity contribution >= 4 is 11.8 Å². The lowest BCUT2D eigenvalue weighted by atomic mass is 10.1. The van der Waals surface area contributed by atoms with E-state index in [1.54, 1.807) is 0 Å². The van der Waals surface area contributed by atoms with Crippen LogP contribution < -0.4 is 10.6 Å². The van der Waals surface area contributed by atoms with E-state index in [2.05, 4.69) is 10.6 Å². The molecular formula is C11H19N3O2. The van der Waals surface area contributed by atoms with E-state index in [4.69, 9.17) is 0 Å². The van der Waals surface area contributed by atoms with Gasteiger partial charge < -0.3 is 15.5 Å². The largest absolute Gasteiger partial charge is 0.344 e. The highest BCUT2D eigenvalue weighted by molar-refractivity contribution is 5.91. The Kier molecular flexibility index (Phi) is 3.14. The third kappa shape index (κ3) is 2.04. The topological polar surface area (TPSA) is 61.4 Å². The highest BCUT2D eigenvalue weighted by Crippen LogP contribution is 2.16. The fourth-order valence-electron chi connectivity index (χ4n) is 2.55. The molecule has 2 rings (SSSR count). The first-order valence-corrected chi connectivity index (χ1v) is 5.92. The number of nitrogens with one attached hydrogen (secondary N) is 2. The summed E-state index contributed by atoms with van der Waals surface area (Å²) in [5, 5.41) is 6.03. The highest BCUT2D eigenvalue weighted by atomic mass is 16.2. The summed E-state index contributed by atoms with van der Waals surface area (Å²) in [5.74, 6) is 0.0705. The van der Waals surface area contributed by atoms with E-state index in [0.29, 0.717) is 12.8 Å². The molecule has 0 radical (unpaired) electrons. The Morgan fingerprint density at radius 1 is 1.31 bits per heavy atom. The van der Waals surface area contributed by atoms with Gasteiger partial charge in [-0.15, -0.1) is 0 Å². The SMILES string of the molecule is CC1CNCC(C)N1C(=O)C1CCC(=O)N1. The second-order valence-electron chi connectivity index (χ2n) is 4.76. The van der Waals surface area contributed by atoms with Crippen molar-refractivity contribution in [3.63, 3.8) is 0 Å². The van der Waals surface area contributed by atoms with Crippen LogP contribution in [0, 0.1) is 0 Å². The zero-order valence-corrected chi connectivity index (χ0v) is 9.82. The van der Waals surface area contributed by atoms with Gasteiger partial charge in [0.25, 0.3) is 0 Å². The molecule has 0 spiro atoms. The maximum absolute atomic E-state index is 12.3. The Morgan fingerprint density at radius 3 is 2.44 bits per heavy atom. The van der Waals surface area contributed by atoms with E-state index in [0.717, 1.165) is 13.1 Å². The number of rotatable bonds is 1. The predicted molar refractivity (Wildman–Crippen MR) is 59.8 cm³/mol. The highest BCUT2D eigenvalue weighted by Gasteiger charge is 2.36. The molecule has 0 aliphatic carbocycles. The van der Waals surface area contributed by atoms with E-state index < -0.39 is 0 Å². The third-order valence-corrected chi connectivity index (χ3v) is 3.38. The maximum atomic E-state index is 12.3. The summed E-state index contributed by atoms with van der Waals surface area (Å²) < 4.78 is 0. The minimum Gasteiger partial charge on any atom is -0.344 e. The van der Waals surface area contributed by atoms with E-state index in [1.165, 1.54) is 0 Å². The van der Waals surface area contributed by atoms with Gasteiger partial charge in [0, 0.05) is 31.6 Å². The van der Waals surface area contributed by atoms with Crippen LogP contribution in [0.15, 0.2) is 0 Å². The molecule has 90 valence electrons. The van der Waals surface area contributed by atoms with E-state index >= 15 is 0 Å². The molecule has 2 fully saturated rings. The van der Waals surface area contributed by atoms with Crippen LogP contribution in [-0.2, 0) is 9.59 Å². The summed E-state index contributed by atoms with van der Waals surface area (Å²) in [6.45, 7) is 5.74. The van der Waals surface area contributed by atoms with Gasteiger partial charge in [0.2, 0.25) is 11.8 Å². The predicted octanol–water partition coefficient (Wildman–Crippen LogP) is -0.526. The lowest BCUT2D eigenvalue weighted by Gasteiger charge is -2.40. The maximum Gasteiger partial charge on any atom is 0.245 e. The molecule has 2 saturated heterocycles. The van der Waals surface area contributed by atoms with Crippen LogP contribution in [0.4, 0.5) is 0 Å². The zero-order valence-electron chi connectivity index (χ0n) is 9.82. The smallest absolute Gasteiger partial charge is 0.245 e. The van der Waals surface area contributed by atoms with Crippen molar-refractivity contribution in [3.05, 3.63) is 0 Å². The van der Waals surface area contributed by atoms with Crippen molar-refractivity contribution in [1.29, 1.82) is 0 Å². The van der Waals surface area contributed by atoms with Crippen molar-refractivity contribution in [1.82, 2.24) is 15.5 Å². The van der Waals surface area contributed by atoms with Crippen molar-refractivity contribution < 1.29 is 9.59 Å². The molecule has 3 atom stereocenters. The fourth-order valence-corrected chi connectivity index (χ4v) is 2.55. The zero-order chi connectivity index (χ0) is 11.7. The molecule has 2 aliphatic rings. The standard InChI is InChI=1S/C11H19N3O2/c1-7-5-12-6-8(2)14(7)11(16)9-3-4-10(15)13-9/h7-9,12H,3-6H2,1-2H3,(H,13,15). The molecule has 3 unspecified atom stereocenters. The van der Waals surface area contributed by atoms with Crippen LogP contribution in [0.3, 0.4) is 0 Å². The minimum absolute atomic E-state index is 0.00575. The summed E-state index contributed by atoms with van der Waals surface area (Å²) >= 11 is 0. The molecule has 16 heavy (non-hydrogen) atoms. The Bertz CT molecular complexity index is 296. The summed E-state index contributed by atoms with van der Waals surface area (Å²) in [7, 11) is 0. The normalized spacial score (nSPS) is 35.0. The Labute approximate surface area is 95.6 Å². The van der Waals surface area contributed by atoms with Crippen LogP contribution in [0.5, 0.6) is 0 Å². The minimum atomic E-state index is -0.296. The molecule has 2 amide bonds. The van der Waals surface area contributed by atoms with Crippen molar-refractivity contribution in [2.45, 2.75) is 44.8 Å². The molecular weight excluding hydrogens is 206 g/mol. The summed E-state index contributed by atoms with van der Waals surface area (Å²) in [6, 6.07) is 0.109. The van der Waals surface area contributed by atoms with Crippen LogP contribution in [0.2, 0.25) is 0 Å². The average molecular weight is 225 g/mol. The van der Waals surface area contributed by atoms with Gasteiger partial charge in [-0.1, -0.05) is 0 Å². The van der Waals surface area contributed by atoms with Crippen molar-refractivity contribution in [3.8, 4) is 0 Å². The van der Waals surface area contributed by atoms with Crippen molar-refractivity contribution in [2.24, 2.45) is 0 Å². The molecule has 0 aromatic carbocycles. The molecule has 2 N–H and O–H groups in total. The third-order valence-electron chi connectivity index (χ3n) is 3.38. The Hall–Kier alpha value is -1.10. The van der Waals surface area contributed by atoms with Crippen molar-refractivity contribution in [2.75, 3.05) is 13.1 Å². The van der Waals surface area contributed by atoms with Crippen LogP contribution >= 0.6 is 0 Å². The first-order valence-electron chi connectivity index (χ1n) is 5.92. The summed E-state index contributed by atoms with van der Waals surface area (Å²) in [4.78, 5) is 25.3. The second kappa shape index (κ2) is 4.41. The van der Waals surface area contributed by atoms with Gasteiger partial charge >= 0.3 is 0 Å². The molecule has 2 heterocycles. The fraction of sp³-hybridized carbons (Fsp3) is 0.818. The number of carbonyl (C=O) groups excluding carboxylic acids is 2. The molecule has 5 nitrogen and oxygen atoms in total. The van der Waals surface area contributed by atoms with Gasteiger partial charge in [-0.2, -0.15) is 0 Å². The molecule has 0 saturated carbocycles. The van der Waals surface area contributed by atoms with Gasteiger partial charge in [0.05, 0.1) is 0 Å². The first kappa shape index (κ1) is 11.4. The van der Waals surface area contributed by atoms with Gasteiger partial charge in [-0.3, -0.25) is 9.59 Å². The average Bonchev–Trinajstić information content (AvgIpc) is 2.64. The van der Waals surface area contributed by atoms with Crippen LogP contribution in [-0.4, -0.2) is 47.9 Å². The summed E-state index contributed by atoms with van der Waals surface area (Å²) in [5.41, 5.74) is 0. The van der Waals surface area contributed by atoms with E-state index in [9.17, 15) is 9.59 Å².